The lowest BCUT2D eigenvalue weighted by molar-refractivity contribution is 0.0898. The Morgan fingerprint density at radius 1 is 1.36 bits per heavy atom. The van der Waals surface area contributed by atoms with Gasteiger partial charge in [-0.15, -0.1) is 12.4 Å². The van der Waals surface area contributed by atoms with Crippen molar-refractivity contribution in [2.75, 3.05) is 20.7 Å². The van der Waals surface area contributed by atoms with Crippen LogP contribution >= 0.6 is 12.4 Å². The number of rotatable bonds is 8. The highest BCUT2D eigenvalue weighted by molar-refractivity contribution is 7.89. The molecule has 1 aromatic rings. The van der Waals surface area contributed by atoms with Gasteiger partial charge in [0.15, 0.2) is 0 Å². The van der Waals surface area contributed by atoms with E-state index in [4.69, 9.17) is 10.5 Å². The smallest absolute Gasteiger partial charge is 0.251 e. The predicted molar refractivity (Wildman–Crippen MR) is 101 cm³/mol. The third-order valence-corrected chi connectivity index (χ3v) is 5.14. The van der Waals surface area contributed by atoms with Gasteiger partial charge in [-0.3, -0.25) is 4.79 Å². The number of nitrogens with two attached hydrogens (primary N) is 1. The molecule has 0 radical (unpaired) electrons. The minimum Gasteiger partial charge on any atom is -0.495 e. The van der Waals surface area contributed by atoms with Gasteiger partial charge in [0.2, 0.25) is 10.0 Å². The molecule has 0 aliphatic heterocycles. The largest absolute Gasteiger partial charge is 0.495 e. The Labute approximate surface area is 156 Å². The lowest BCUT2D eigenvalue weighted by atomic mass is 9.90. The van der Waals surface area contributed by atoms with Crippen LogP contribution in [0.2, 0.25) is 0 Å². The van der Waals surface area contributed by atoms with Crippen LogP contribution in [0.15, 0.2) is 23.1 Å². The highest BCUT2D eigenvalue weighted by atomic mass is 35.5. The van der Waals surface area contributed by atoms with E-state index in [1.54, 1.807) is 0 Å². The molecule has 4 N–H and O–H groups in total. The molecule has 0 aromatic heterocycles. The predicted octanol–water partition coefficient (Wildman–Crippen LogP) is 1.52. The van der Waals surface area contributed by atoms with Crippen LogP contribution in [0.1, 0.15) is 37.6 Å². The summed E-state index contributed by atoms with van der Waals surface area (Å²) in [5, 5.41) is 2.90. The molecular weight excluding hydrogens is 366 g/mol. The molecule has 144 valence electrons. The molecule has 9 heteroatoms. The van der Waals surface area contributed by atoms with Crippen molar-refractivity contribution in [3.8, 4) is 5.75 Å². The Balaban J connectivity index is 0.00000576. The Bertz CT molecular complexity index is 695. The number of hydrogen-bond acceptors (Lipinski definition) is 5. The topological polar surface area (TPSA) is 111 Å². The van der Waals surface area contributed by atoms with E-state index < -0.39 is 15.6 Å². The fraction of sp³-hybridized carbons (Fsp3) is 0.562. The van der Waals surface area contributed by atoms with Crippen LogP contribution in [-0.2, 0) is 10.0 Å². The third-order valence-electron chi connectivity index (χ3n) is 3.71. The summed E-state index contributed by atoms with van der Waals surface area (Å²) in [7, 11) is -1.07. The van der Waals surface area contributed by atoms with Crippen LogP contribution in [0, 0.1) is 5.92 Å². The molecule has 0 saturated carbocycles. The van der Waals surface area contributed by atoms with Crippen LogP contribution in [0.3, 0.4) is 0 Å². The quantitative estimate of drug-likeness (QED) is 0.620. The Hall–Kier alpha value is -1.35. The number of ether oxygens (including phenoxy) is 1. The van der Waals surface area contributed by atoms with E-state index in [9.17, 15) is 13.2 Å². The SMILES string of the molecule is CNS(=O)(=O)c1cc(C(=O)NC(C)(CN)CC(C)C)ccc1OC.Cl. The standard InChI is InChI=1S/C16H27N3O4S.ClH/c1-11(2)9-16(3,10-17)19-15(20)12-6-7-13(23-5)14(8-12)24(21,22)18-4;/h6-8,11,18H,9-10,17H2,1-5H3,(H,19,20);1H. The van der Waals surface area contributed by atoms with E-state index in [2.05, 4.69) is 10.0 Å². The van der Waals surface area contributed by atoms with Gasteiger partial charge < -0.3 is 15.8 Å². The van der Waals surface area contributed by atoms with Crippen molar-refractivity contribution >= 4 is 28.3 Å². The number of benzene rings is 1. The highest BCUT2D eigenvalue weighted by Crippen LogP contribution is 2.25. The lowest BCUT2D eigenvalue weighted by Crippen LogP contribution is -2.52. The minimum absolute atomic E-state index is 0. The molecule has 0 aliphatic carbocycles. The second-order valence-electron chi connectivity index (χ2n) is 6.39. The van der Waals surface area contributed by atoms with Gasteiger partial charge in [0, 0.05) is 17.6 Å². The van der Waals surface area contributed by atoms with Crippen molar-refractivity contribution < 1.29 is 17.9 Å². The summed E-state index contributed by atoms with van der Waals surface area (Å²) in [4.78, 5) is 12.5. The van der Waals surface area contributed by atoms with E-state index in [0.29, 0.717) is 12.3 Å². The number of amides is 1. The first kappa shape index (κ1) is 23.6. The second-order valence-corrected chi connectivity index (χ2v) is 8.25. The van der Waals surface area contributed by atoms with Crippen molar-refractivity contribution in [1.29, 1.82) is 0 Å². The molecule has 0 aliphatic rings. The lowest BCUT2D eigenvalue weighted by Gasteiger charge is -2.31. The number of methoxy groups -OCH3 is 1. The number of hydrogen-bond donors (Lipinski definition) is 3. The molecule has 1 atom stereocenters. The first-order valence-electron chi connectivity index (χ1n) is 7.72. The number of carbonyl (C=O) groups excluding carboxylic acids is 1. The van der Waals surface area contributed by atoms with Crippen LogP contribution in [0.4, 0.5) is 0 Å². The third kappa shape index (κ3) is 6.14. The molecular formula is C16H28ClN3O4S. The van der Waals surface area contributed by atoms with Gasteiger partial charge in [0.1, 0.15) is 10.6 Å². The van der Waals surface area contributed by atoms with Gasteiger partial charge in [-0.2, -0.15) is 0 Å². The van der Waals surface area contributed by atoms with Crippen molar-refractivity contribution in [1.82, 2.24) is 10.0 Å². The average molecular weight is 394 g/mol. The molecule has 0 fully saturated rings. The van der Waals surface area contributed by atoms with Gasteiger partial charge in [0.05, 0.1) is 7.11 Å². The van der Waals surface area contributed by atoms with Crippen molar-refractivity contribution in [2.24, 2.45) is 11.7 Å². The summed E-state index contributed by atoms with van der Waals surface area (Å²) in [6.45, 7) is 6.25. The van der Waals surface area contributed by atoms with Gasteiger partial charge in [-0.25, -0.2) is 13.1 Å². The van der Waals surface area contributed by atoms with Gasteiger partial charge in [0.25, 0.3) is 5.91 Å². The molecule has 0 spiro atoms. The van der Waals surface area contributed by atoms with E-state index in [0.717, 1.165) is 0 Å². The summed E-state index contributed by atoms with van der Waals surface area (Å²) >= 11 is 0. The van der Waals surface area contributed by atoms with Crippen LogP contribution in [-0.4, -0.2) is 40.6 Å². The highest BCUT2D eigenvalue weighted by Gasteiger charge is 2.27. The maximum absolute atomic E-state index is 12.5. The molecule has 0 bridgehead atoms. The Morgan fingerprint density at radius 3 is 2.40 bits per heavy atom. The van der Waals surface area contributed by atoms with Crippen molar-refractivity contribution in [3.63, 3.8) is 0 Å². The maximum atomic E-state index is 12.5. The second kappa shape index (κ2) is 9.38. The maximum Gasteiger partial charge on any atom is 0.251 e. The van der Waals surface area contributed by atoms with Crippen LogP contribution < -0.4 is 20.5 Å². The molecule has 25 heavy (non-hydrogen) atoms. The van der Waals surface area contributed by atoms with E-state index in [1.165, 1.54) is 32.4 Å². The van der Waals surface area contributed by atoms with Crippen molar-refractivity contribution in [3.05, 3.63) is 23.8 Å². The fourth-order valence-electron chi connectivity index (χ4n) is 2.57. The Kier molecular flexibility index (Phi) is 8.87. The fourth-order valence-corrected chi connectivity index (χ4v) is 3.49. The van der Waals surface area contributed by atoms with E-state index >= 15 is 0 Å². The zero-order valence-corrected chi connectivity index (χ0v) is 16.9. The molecule has 1 amide bonds. The molecule has 1 unspecified atom stereocenters. The minimum atomic E-state index is -3.74. The zero-order valence-electron chi connectivity index (χ0n) is 15.3. The monoisotopic (exact) mass is 393 g/mol. The molecule has 0 heterocycles. The summed E-state index contributed by atoms with van der Waals surface area (Å²) in [6.07, 6.45) is 0.715. The van der Waals surface area contributed by atoms with Gasteiger partial charge >= 0.3 is 0 Å². The number of carbonyl (C=O) groups is 1. The molecule has 1 aromatic carbocycles. The number of sulfonamides is 1. The summed E-state index contributed by atoms with van der Waals surface area (Å²) in [5.41, 5.74) is 5.47. The summed E-state index contributed by atoms with van der Waals surface area (Å²) in [6, 6.07) is 4.28. The number of halogens is 1. The zero-order chi connectivity index (χ0) is 18.5. The molecule has 1 rings (SSSR count). The van der Waals surface area contributed by atoms with Crippen LogP contribution in [0.5, 0.6) is 5.75 Å². The van der Waals surface area contributed by atoms with Crippen LogP contribution in [0.25, 0.3) is 0 Å². The Morgan fingerprint density at radius 2 is 1.96 bits per heavy atom. The first-order valence-corrected chi connectivity index (χ1v) is 9.21. The summed E-state index contributed by atoms with van der Waals surface area (Å²) < 4.78 is 31.5. The van der Waals surface area contributed by atoms with Crippen molar-refractivity contribution in [2.45, 2.75) is 37.6 Å². The van der Waals surface area contributed by atoms with E-state index in [1.807, 2.05) is 20.8 Å². The first-order chi connectivity index (χ1) is 11.1. The average Bonchev–Trinajstić information content (AvgIpc) is 2.53. The molecule has 7 nitrogen and oxygen atoms in total. The normalized spacial score (nSPS) is 13.7. The number of nitrogens with one attached hydrogen (secondary N) is 2. The van der Waals surface area contributed by atoms with Gasteiger partial charge in [-0.1, -0.05) is 13.8 Å². The van der Waals surface area contributed by atoms with Gasteiger partial charge in [-0.05, 0) is 44.5 Å². The summed E-state index contributed by atoms with van der Waals surface area (Å²) in [5.74, 6) is 0.151. The molecule has 0 saturated heterocycles. The van der Waals surface area contributed by atoms with E-state index in [-0.39, 0.29) is 41.1 Å².